The molecule has 4 bridgehead atoms. The summed E-state index contributed by atoms with van der Waals surface area (Å²) in [7, 11) is 2.47. The highest BCUT2D eigenvalue weighted by Gasteiger charge is 2.51. The summed E-state index contributed by atoms with van der Waals surface area (Å²) in [6, 6.07) is 0. The van der Waals surface area contributed by atoms with Gasteiger partial charge in [-0.15, -0.1) is 0 Å². The molecule has 1 heteroatoms. The SMILES string of the molecule is BC(C)(C)C1C2CC3CC(C2)CC1C3. The second kappa shape index (κ2) is 2.80. The van der Waals surface area contributed by atoms with E-state index in [1.54, 1.807) is 32.1 Å². The van der Waals surface area contributed by atoms with Crippen LogP contribution in [0.4, 0.5) is 0 Å². The Bertz CT molecular complexity index is 210. The summed E-state index contributed by atoms with van der Waals surface area (Å²) in [4.78, 5) is 0. The molecule has 0 aromatic heterocycles. The molecule has 0 nitrogen and oxygen atoms in total. The Labute approximate surface area is 89.3 Å². The molecule has 0 aromatic carbocycles. The summed E-state index contributed by atoms with van der Waals surface area (Å²) in [5.41, 5.74) is 0. The molecular formula is C13H23B. The molecule has 0 N–H and O–H groups in total. The predicted octanol–water partition coefficient (Wildman–Crippen LogP) is 2.89. The normalized spacial score (nSPS) is 51.1. The highest BCUT2D eigenvalue weighted by Crippen LogP contribution is 2.61. The number of hydrogen-bond donors (Lipinski definition) is 0. The molecule has 0 aliphatic heterocycles. The van der Waals surface area contributed by atoms with Gasteiger partial charge >= 0.3 is 0 Å². The predicted molar refractivity (Wildman–Crippen MR) is 63.1 cm³/mol. The Hall–Kier alpha value is 0.0649. The molecule has 4 aliphatic rings. The fraction of sp³-hybridized carbons (Fsp3) is 1.00. The third kappa shape index (κ3) is 1.27. The summed E-state index contributed by atoms with van der Waals surface area (Å²) in [6.45, 7) is 4.94. The van der Waals surface area contributed by atoms with Gasteiger partial charge < -0.3 is 0 Å². The van der Waals surface area contributed by atoms with E-state index >= 15 is 0 Å². The maximum absolute atomic E-state index is 2.47. The molecule has 4 aliphatic carbocycles. The van der Waals surface area contributed by atoms with Crippen LogP contribution in [0.15, 0.2) is 0 Å². The van der Waals surface area contributed by atoms with Crippen molar-refractivity contribution in [3.05, 3.63) is 0 Å². The van der Waals surface area contributed by atoms with Crippen LogP contribution >= 0.6 is 0 Å². The van der Waals surface area contributed by atoms with Crippen LogP contribution in [0.5, 0.6) is 0 Å². The minimum Gasteiger partial charge on any atom is -0.0669 e. The van der Waals surface area contributed by atoms with E-state index in [1.165, 1.54) is 0 Å². The molecule has 0 amide bonds. The molecule has 4 saturated carbocycles. The lowest BCUT2D eigenvalue weighted by Gasteiger charge is -2.58. The van der Waals surface area contributed by atoms with Crippen molar-refractivity contribution in [2.45, 2.75) is 51.3 Å². The largest absolute Gasteiger partial charge is 0.109 e. The van der Waals surface area contributed by atoms with E-state index in [0.717, 1.165) is 29.6 Å². The monoisotopic (exact) mass is 190 g/mol. The molecule has 0 radical (unpaired) electrons. The van der Waals surface area contributed by atoms with E-state index in [9.17, 15) is 0 Å². The van der Waals surface area contributed by atoms with E-state index in [0.29, 0.717) is 5.31 Å². The summed E-state index contributed by atoms with van der Waals surface area (Å²) >= 11 is 0. The van der Waals surface area contributed by atoms with Crippen molar-refractivity contribution in [2.24, 2.45) is 29.6 Å². The van der Waals surface area contributed by atoms with Crippen molar-refractivity contribution in [2.75, 3.05) is 0 Å². The third-order valence-electron chi connectivity index (χ3n) is 5.23. The first kappa shape index (κ1) is 9.30. The topological polar surface area (TPSA) is 0 Å². The van der Waals surface area contributed by atoms with Gasteiger partial charge in [0.05, 0.1) is 0 Å². The van der Waals surface area contributed by atoms with E-state index in [1.807, 2.05) is 0 Å². The van der Waals surface area contributed by atoms with Crippen molar-refractivity contribution in [3.8, 4) is 0 Å². The van der Waals surface area contributed by atoms with Crippen LogP contribution in [0.3, 0.4) is 0 Å². The number of hydrogen-bond acceptors (Lipinski definition) is 0. The number of rotatable bonds is 1. The maximum Gasteiger partial charge on any atom is 0.109 e. The van der Waals surface area contributed by atoms with Crippen molar-refractivity contribution in [1.29, 1.82) is 0 Å². The lowest BCUT2D eigenvalue weighted by molar-refractivity contribution is -0.0510. The van der Waals surface area contributed by atoms with Crippen LogP contribution in [0.1, 0.15) is 46.0 Å². The Morgan fingerprint density at radius 3 is 1.64 bits per heavy atom. The van der Waals surface area contributed by atoms with E-state index in [2.05, 4.69) is 21.7 Å². The highest BCUT2D eigenvalue weighted by molar-refractivity contribution is 6.14. The van der Waals surface area contributed by atoms with Crippen molar-refractivity contribution < 1.29 is 0 Å². The van der Waals surface area contributed by atoms with Crippen LogP contribution in [-0.4, -0.2) is 7.85 Å². The van der Waals surface area contributed by atoms with Crippen LogP contribution in [0.2, 0.25) is 5.31 Å². The summed E-state index contributed by atoms with van der Waals surface area (Å²) in [5, 5.41) is 0.572. The standard InChI is InChI=1S/C13H23B/c1-13(2,14)12-10-4-8-3-9(6-10)7-11(12)5-8/h8-12H,3-7,14H2,1-2H3. The van der Waals surface area contributed by atoms with E-state index in [4.69, 9.17) is 0 Å². The molecule has 0 aromatic rings. The first-order chi connectivity index (χ1) is 6.54. The molecule has 0 atom stereocenters. The molecule has 78 valence electrons. The van der Waals surface area contributed by atoms with Crippen molar-refractivity contribution in [1.82, 2.24) is 0 Å². The molecule has 0 unspecified atom stereocenters. The Kier molecular flexibility index (Phi) is 1.86. The van der Waals surface area contributed by atoms with Gasteiger partial charge in [-0.1, -0.05) is 19.2 Å². The fourth-order valence-electron chi connectivity index (χ4n) is 5.34. The average Bonchev–Trinajstić information content (AvgIpc) is 1.97. The zero-order chi connectivity index (χ0) is 9.92. The van der Waals surface area contributed by atoms with Crippen LogP contribution in [0, 0.1) is 29.6 Å². The van der Waals surface area contributed by atoms with Gasteiger partial charge in [-0.2, -0.15) is 0 Å². The van der Waals surface area contributed by atoms with E-state index in [-0.39, 0.29) is 0 Å². The zero-order valence-electron chi connectivity index (χ0n) is 9.92. The summed E-state index contributed by atoms with van der Waals surface area (Å²) in [5.74, 6) is 5.53. The first-order valence-corrected chi connectivity index (χ1v) is 6.54. The maximum atomic E-state index is 2.47. The van der Waals surface area contributed by atoms with Crippen LogP contribution in [0.25, 0.3) is 0 Å². The Balaban J connectivity index is 1.88. The van der Waals surface area contributed by atoms with Gasteiger partial charge in [0.25, 0.3) is 0 Å². The minimum absolute atomic E-state index is 0.572. The van der Waals surface area contributed by atoms with Gasteiger partial charge in [-0.05, 0) is 61.7 Å². The molecular weight excluding hydrogens is 167 g/mol. The Morgan fingerprint density at radius 1 is 0.857 bits per heavy atom. The Morgan fingerprint density at radius 2 is 1.29 bits per heavy atom. The lowest BCUT2D eigenvalue weighted by Crippen LogP contribution is -2.48. The minimum atomic E-state index is 0.572. The van der Waals surface area contributed by atoms with Gasteiger partial charge in [0.15, 0.2) is 0 Å². The van der Waals surface area contributed by atoms with Gasteiger partial charge in [0.1, 0.15) is 7.85 Å². The van der Waals surface area contributed by atoms with Gasteiger partial charge in [-0.3, -0.25) is 0 Å². The quantitative estimate of drug-likeness (QED) is 0.557. The molecule has 4 fully saturated rings. The molecule has 14 heavy (non-hydrogen) atoms. The molecule has 0 heterocycles. The van der Waals surface area contributed by atoms with Crippen molar-refractivity contribution >= 4 is 7.85 Å². The second-order valence-corrected chi connectivity index (χ2v) is 7.32. The fourth-order valence-corrected chi connectivity index (χ4v) is 5.34. The van der Waals surface area contributed by atoms with Gasteiger partial charge in [-0.25, -0.2) is 0 Å². The van der Waals surface area contributed by atoms with E-state index < -0.39 is 0 Å². The molecule has 0 spiro atoms. The molecule has 0 saturated heterocycles. The average molecular weight is 190 g/mol. The third-order valence-corrected chi connectivity index (χ3v) is 5.23. The van der Waals surface area contributed by atoms with Crippen LogP contribution in [-0.2, 0) is 0 Å². The molecule has 4 rings (SSSR count). The second-order valence-electron chi connectivity index (χ2n) is 7.32. The van der Waals surface area contributed by atoms with Gasteiger partial charge in [0.2, 0.25) is 0 Å². The van der Waals surface area contributed by atoms with Crippen molar-refractivity contribution in [3.63, 3.8) is 0 Å². The highest BCUT2D eigenvalue weighted by atomic mass is 14.5. The van der Waals surface area contributed by atoms with Crippen LogP contribution < -0.4 is 0 Å². The summed E-state index contributed by atoms with van der Waals surface area (Å²) in [6.07, 6.45) is 7.90. The lowest BCUT2D eigenvalue weighted by atomic mass is 9.44. The zero-order valence-corrected chi connectivity index (χ0v) is 9.92. The summed E-state index contributed by atoms with van der Waals surface area (Å²) < 4.78 is 0. The van der Waals surface area contributed by atoms with Gasteiger partial charge in [0, 0.05) is 0 Å². The first-order valence-electron chi connectivity index (χ1n) is 6.54. The smallest absolute Gasteiger partial charge is 0.0669 e.